The molecule has 1 N–H and O–H groups in total. The number of halogens is 6. The van der Waals surface area contributed by atoms with Crippen LogP contribution in [-0.2, 0) is 30.8 Å². The van der Waals surface area contributed by atoms with E-state index >= 15 is 8.78 Å². The summed E-state index contributed by atoms with van der Waals surface area (Å²) >= 11 is 6.01. The van der Waals surface area contributed by atoms with E-state index in [4.69, 9.17) is 16.3 Å². The van der Waals surface area contributed by atoms with Gasteiger partial charge in [-0.3, -0.25) is 0 Å². The zero-order valence-electron chi connectivity index (χ0n) is 22.7. The van der Waals surface area contributed by atoms with E-state index in [1.165, 1.54) is 0 Å². The summed E-state index contributed by atoms with van der Waals surface area (Å²) in [5.41, 5.74) is -1.69. The molecular weight excluding hydrogens is 627 g/mol. The molecule has 5 atom stereocenters. The van der Waals surface area contributed by atoms with Crippen LogP contribution in [0.1, 0.15) is 43.2 Å². The van der Waals surface area contributed by atoms with Crippen molar-refractivity contribution in [1.29, 1.82) is 0 Å². The Bertz CT molecular complexity index is 1590. The SMILES string of the molecule is CN(C)CCC[C@@H]1C[C@@H]2[C@@H](CC[C@@]3(S(=O)(=O)c4ccc(C(F)(F)F)cc4)c4c(F)c(Cl)cc(F)c4OC[C@@H]23)NS1(=O)=O. The maximum Gasteiger partial charge on any atom is 0.416 e. The number of sulfonamides is 1. The van der Waals surface area contributed by atoms with Gasteiger partial charge in [0, 0.05) is 12.0 Å². The maximum absolute atomic E-state index is 15.9. The zero-order chi connectivity index (χ0) is 30.8. The van der Waals surface area contributed by atoms with Gasteiger partial charge in [0.1, 0.15) is 4.75 Å². The van der Waals surface area contributed by atoms with Crippen molar-refractivity contribution in [3.05, 3.63) is 58.1 Å². The predicted molar refractivity (Wildman–Crippen MR) is 145 cm³/mol. The number of nitrogens with one attached hydrogen (secondary N) is 1. The number of hydrogen-bond acceptors (Lipinski definition) is 6. The van der Waals surface area contributed by atoms with E-state index in [9.17, 15) is 30.0 Å². The Morgan fingerprint density at radius 1 is 1.17 bits per heavy atom. The Morgan fingerprint density at radius 3 is 2.45 bits per heavy atom. The lowest BCUT2D eigenvalue weighted by Crippen LogP contribution is -2.63. The minimum Gasteiger partial charge on any atom is -0.490 e. The van der Waals surface area contributed by atoms with Crippen LogP contribution in [-0.4, -0.2) is 60.3 Å². The summed E-state index contributed by atoms with van der Waals surface area (Å²) in [6.07, 6.45) is -4.23. The van der Waals surface area contributed by atoms with Gasteiger partial charge >= 0.3 is 6.18 Å². The molecule has 7 nitrogen and oxygen atoms in total. The van der Waals surface area contributed by atoms with Gasteiger partial charge < -0.3 is 9.64 Å². The molecular formula is C27H30ClF5N2O5S2. The van der Waals surface area contributed by atoms with Gasteiger partial charge in [0.2, 0.25) is 10.0 Å². The fourth-order valence-corrected chi connectivity index (χ4v) is 11.3. The molecule has 0 bridgehead atoms. The summed E-state index contributed by atoms with van der Waals surface area (Å²) in [5.74, 6) is -4.63. The lowest BCUT2D eigenvalue weighted by Gasteiger charge is -2.55. The summed E-state index contributed by atoms with van der Waals surface area (Å²) in [7, 11) is -4.80. The van der Waals surface area contributed by atoms with E-state index in [2.05, 4.69) is 4.72 Å². The molecule has 2 aromatic carbocycles. The standard InChI is InChI=1S/C27H30ClF5N2O5S2/c1-35(2)11-3-4-17-12-18-19-14-40-25-21(29)13-20(28)24(30)23(25)26(19,10-9-22(18)34-42(17,38)39)41(36,37)16-7-5-15(6-8-16)27(31,32)33/h5-8,13,17-19,22,34H,3-4,9-12,14H2,1-2H3/t17-,18+,19+,22-,26+/m1/s1. The normalized spacial score (nSPS) is 28.9. The minimum atomic E-state index is -4.74. The van der Waals surface area contributed by atoms with Crippen molar-refractivity contribution in [2.75, 3.05) is 27.2 Å². The van der Waals surface area contributed by atoms with Gasteiger partial charge in [-0.1, -0.05) is 11.6 Å². The average molecular weight is 657 g/mol. The fourth-order valence-electron chi connectivity index (χ4n) is 6.86. The molecule has 0 radical (unpaired) electrons. The Morgan fingerprint density at radius 2 is 1.83 bits per heavy atom. The van der Waals surface area contributed by atoms with Crippen molar-refractivity contribution in [3.8, 4) is 5.75 Å². The molecule has 42 heavy (non-hydrogen) atoms. The first-order valence-electron chi connectivity index (χ1n) is 13.4. The highest BCUT2D eigenvalue weighted by molar-refractivity contribution is 7.92. The summed E-state index contributed by atoms with van der Waals surface area (Å²) in [5, 5.41) is -1.55. The Labute approximate surface area is 246 Å². The van der Waals surface area contributed by atoms with Crippen LogP contribution in [0.15, 0.2) is 35.2 Å². The average Bonchev–Trinajstić information content (AvgIpc) is 2.90. The van der Waals surface area contributed by atoms with Crippen LogP contribution in [0.5, 0.6) is 5.75 Å². The zero-order valence-corrected chi connectivity index (χ0v) is 25.1. The van der Waals surface area contributed by atoms with Gasteiger partial charge in [0.15, 0.2) is 27.2 Å². The number of alkyl halides is 3. The first-order valence-corrected chi connectivity index (χ1v) is 16.8. The molecule has 3 aliphatic rings. The van der Waals surface area contributed by atoms with Crippen LogP contribution in [0, 0.1) is 23.5 Å². The molecule has 2 aromatic rings. The highest BCUT2D eigenvalue weighted by Crippen LogP contribution is 2.60. The van der Waals surface area contributed by atoms with Crippen molar-refractivity contribution in [3.63, 3.8) is 0 Å². The summed E-state index contributed by atoms with van der Waals surface area (Å²) in [6, 6.07) is 2.83. The highest BCUT2D eigenvalue weighted by atomic mass is 35.5. The third-order valence-electron chi connectivity index (χ3n) is 8.81. The van der Waals surface area contributed by atoms with Crippen LogP contribution in [0.4, 0.5) is 22.0 Å². The van der Waals surface area contributed by atoms with Gasteiger partial charge in [0.05, 0.1) is 32.9 Å². The van der Waals surface area contributed by atoms with E-state index in [0.29, 0.717) is 31.2 Å². The van der Waals surface area contributed by atoms with Gasteiger partial charge in [0.25, 0.3) is 0 Å². The second-order valence-electron chi connectivity index (χ2n) is 11.5. The molecule has 1 saturated heterocycles. The van der Waals surface area contributed by atoms with Crippen LogP contribution < -0.4 is 9.46 Å². The molecule has 0 aromatic heterocycles. The topological polar surface area (TPSA) is 92.8 Å². The van der Waals surface area contributed by atoms with Crippen LogP contribution >= 0.6 is 11.6 Å². The monoisotopic (exact) mass is 656 g/mol. The number of fused-ring (bicyclic) bond motifs is 5. The first kappa shape index (κ1) is 31.4. The lowest BCUT2D eigenvalue weighted by molar-refractivity contribution is -0.137. The van der Waals surface area contributed by atoms with E-state index in [1.807, 2.05) is 19.0 Å². The molecule has 2 heterocycles. The van der Waals surface area contributed by atoms with Gasteiger partial charge in [-0.05, 0) is 89.0 Å². The largest absolute Gasteiger partial charge is 0.490 e. The number of sulfone groups is 1. The number of benzene rings is 2. The Kier molecular flexibility index (Phi) is 8.13. The molecule has 0 spiro atoms. The van der Waals surface area contributed by atoms with Crippen molar-refractivity contribution < 1.29 is 43.5 Å². The van der Waals surface area contributed by atoms with Crippen LogP contribution in [0.3, 0.4) is 0 Å². The van der Waals surface area contributed by atoms with Gasteiger partial charge in [-0.25, -0.2) is 30.3 Å². The predicted octanol–water partition coefficient (Wildman–Crippen LogP) is 5.13. The highest BCUT2D eigenvalue weighted by Gasteiger charge is 2.64. The van der Waals surface area contributed by atoms with Crippen molar-refractivity contribution in [1.82, 2.24) is 9.62 Å². The number of nitrogens with zero attached hydrogens (tertiary/aromatic N) is 1. The minimum absolute atomic E-state index is 0.0440. The van der Waals surface area contributed by atoms with Gasteiger partial charge in [-0.15, -0.1) is 0 Å². The first-order chi connectivity index (χ1) is 19.5. The second kappa shape index (κ2) is 10.9. The Balaban J connectivity index is 1.66. The van der Waals surface area contributed by atoms with Crippen molar-refractivity contribution in [2.45, 2.75) is 59.2 Å². The third-order valence-corrected chi connectivity index (χ3v) is 13.6. The fraction of sp³-hybridized carbons (Fsp3) is 0.556. The summed E-state index contributed by atoms with van der Waals surface area (Å²) < 4.78 is 132. The molecule has 232 valence electrons. The molecule has 5 rings (SSSR count). The van der Waals surface area contributed by atoms with Crippen molar-refractivity contribution >= 4 is 31.5 Å². The number of rotatable bonds is 6. The van der Waals surface area contributed by atoms with E-state index in [0.717, 1.165) is 12.1 Å². The maximum atomic E-state index is 15.9. The molecule has 0 unspecified atom stereocenters. The second-order valence-corrected chi connectivity index (χ2v) is 16.1. The van der Waals surface area contributed by atoms with Crippen LogP contribution in [0.2, 0.25) is 5.02 Å². The smallest absolute Gasteiger partial charge is 0.416 e. The van der Waals surface area contributed by atoms with Gasteiger partial charge in [-0.2, -0.15) is 13.2 Å². The Hall–Kier alpha value is -2.00. The molecule has 2 aliphatic heterocycles. The summed E-state index contributed by atoms with van der Waals surface area (Å²) in [4.78, 5) is 1.39. The van der Waals surface area contributed by atoms with E-state index < -0.39 is 92.3 Å². The molecule has 1 aliphatic carbocycles. The molecule has 1 saturated carbocycles. The third kappa shape index (κ3) is 5.10. The van der Waals surface area contributed by atoms with E-state index in [-0.39, 0.29) is 32.3 Å². The van der Waals surface area contributed by atoms with E-state index in [1.54, 1.807) is 0 Å². The number of hydrogen-bond donors (Lipinski definition) is 1. The van der Waals surface area contributed by atoms with Crippen LogP contribution in [0.25, 0.3) is 0 Å². The molecule has 0 amide bonds. The molecule has 15 heteroatoms. The quantitative estimate of drug-likeness (QED) is 0.343. The number of ether oxygens (including phenoxy) is 1. The van der Waals surface area contributed by atoms with Crippen molar-refractivity contribution in [2.24, 2.45) is 11.8 Å². The molecule has 2 fully saturated rings. The summed E-state index contributed by atoms with van der Waals surface area (Å²) in [6.45, 7) is 0.243. The lowest BCUT2D eigenvalue weighted by atomic mass is 9.64.